The van der Waals surface area contributed by atoms with E-state index in [2.05, 4.69) is 12.2 Å². The van der Waals surface area contributed by atoms with Gasteiger partial charge in [0, 0.05) is 11.3 Å². The second-order valence-electron chi connectivity index (χ2n) is 7.48. The minimum Gasteiger partial charge on any atom is -0.484 e. The van der Waals surface area contributed by atoms with Crippen molar-refractivity contribution in [2.24, 2.45) is 0 Å². The Morgan fingerprint density at radius 3 is 2.50 bits per heavy atom. The molecule has 1 N–H and O–H groups in total. The van der Waals surface area contributed by atoms with Gasteiger partial charge in [0.2, 0.25) is 0 Å². The number of ether oxygens (including phenoxy) is 1. The fourth-order valence-electron chi connectivity index (χ4n) is 3.14. The van der Waals surface area contributed by atoms with Crippen LogP contribution in [0.1, 0.15) is 52.0 Å². The summed E-state index contributed by atoms with van der Waals surface area (Å²) in [5.41, 5.74) is 1.09. The summed E-state index contributed by atoms with van der Waals surface area (Å²) in [7, 11) is 0. The zero-order valence-corrected chi connectivity index (χ0v) is 16.7. The van der Waals surface area contributed by atoms with Gasteiger partial charge < -0.3 is 10.1 Å². The molecule has 0 aromatic heterocycles. The normalized spacial score (nSPS) is 11.1. The molecule has 0 radical (unpaired) electrons. The minimum absolute atomic E-state index is 0.0301. The average Bonchev–Trinajstić information content (AvgIpc) is 2.67. The number of hydrogen-bond donors (Lipinski definition) is 1. The highest BCUT2D eigenvalue weighted by Gasteiger charge is 2.29. The van der Waals surface area contributed by atoms with E-state index in [-0.39, 0.29) is 28.5 Å². The van der Waals surface area contributed by atoms with Crippen molar-refractivity contribution < 1.29 is 14.5 Å². The Labute approximate surface area is 166 Å². The van der Waals surface area contributed by atoms with Crippen LogP contribution in [-0.2, 0) is 10.2 Å². The van der Waals surface area contributed by atoms with Crippen molar-refractivity contribution in [3.63, 3.8) is 0 Å². The molecule has 6 nitrogen and oxygen atoms in total. The van der Waals surface area contributed by atoms with Crippen molar-refractivity contribution in [3.8, 4) is 5.75 Å². The van der Waals surface area contributed by atoms with Crippen LogP contribution in [0.15, 0.2) is 48.5 Å². The van der Waals surface area contributed by atoms with E-state index in [4.69, 9.17) is 4.74 Å². The van der Waals surface area contributed by atoms with E-state index >= 15 is 0 Å². The van der Waals surface area contributed by atoms with Gasteiger partial charge in [-0.2, -0.15) is 0 Å². The molecule has 2 aromatic rings. The minimum atomic E-state index is -0.381. The topological polar surface area (TPSA) is 81.5 Å². The van der Waals surface area contributed by atoms with Crippen LogP contribution in [0.5, 0.6) is 5.75 Å². The third-order valence-corrected chi connectivity index (χ3v) is 4.73. The number of carbonyl (C=O) groups is 1. The molecule has 0 atom stereocenters. The second kappa shape index (κ2) is 9.88. The molecule has 0 aliphatic heterocycles. The Balaban J connectivity index is 2.07. The van der Waals surface area contributed by atoms with Gasteiger partial charge in [-0.15, -0.1) is 0 Å². The summed E-state index contributed by atoms with van der Waals surface area (Å²) in [6.45, 7) is 5.97. The van der Waals surface area contributed by atoms with E-state index < -0.39 is 0 Å². The number of amides is 1. The zero-order valence-electron chi connectivity index (χ0n) is 16.7. The number of hydrogen-bond acceptors (Lipinski definition) is 4. The molecule has 2 aromatic carbocycles. The summed E-state index contributed by atoms with van der Waals surface area (Å²) in [6, 6.07) is 13.9. The first kappa shape index (κ1) is 21.4. The Kier molecular flexibility index (Phi) is 7.55. The van der Waals surface area contributed by atoms with Crippen molar-refractivity contribution in [1.82, 2.24) is 0 Å². The van der Waals surface area contributed by atoms with Gasteiger partial charge in [-0.05, 0) is 36.1 Å². The van der Waals surface area contributed by atoms with E-state index in [1.165, 1.54) is 6.07 Å². The van der Waals surface area contributed by atoms with Crippen molar-refractivity contribution in [2.45, 2.75) is 51.9 Å². The number of nitro benzene ring substituents is 1. The number of nitrogens with one attached hydrogen (secondary N) is 1. The highest BCUT2D eigenvalue weighted by Crippen LogP contribution is 2.37. The number of anilines is 1. The quantitative estimate of drug-likeness (QED) is 0.334. The van der Waals surface area contributed by atoms with E-state index in [1.807, 2.05) is 32.0 Å². The molecule has 0 spiro atoms. The van der Waals surface area contributed by atoms with Crippen LogP contribution in [0.25, 0.3) is 0 Å². The van der Waals surface area contributed by atoms with Crippen LogP contribution in [0.2, 0.25) is 0 Å². The molecule has 0 unspecified atom stereocenters. The van der Waals surface area contributed by atoms with E-state index in [0.29, 0.717) is 17.0 Å². The van der Waals surface area contributed by atoms with Gasteiger partial charge in [0.05, 0.1) is 11.0 Å². The summed E-state index contributed by atoms with van der Waals surface area (Å²) in [6.07, 6.45) is 4.12. The molecule has 0 bridgehead atoms. The highest BCUT2D eigenvalue weighted by molar-refractivity contribution is 5.91. The molecule has 6 heteroatoms. The largest absolute Gasteiger partial charge is 0.484 e. The number of nitrogens with zero attached hydrogens (tertiary/aromatic N) is 1. The predicted molar refractivity (Wildman–Crippen MR) is 111 cm³/mol. The zero-order chi connectivity index (χ0) is 20.6. The molecule has 0 heterocycles. The Morgan fingerprint density at radius 1 is 1.14 bits per heavy atom. The molecule has 28 heavy (non-hydrogen) atoms. The van der Waals surface area contributed by atoms with Crippen LogP contribution in [-0.4, -0.2) is 17.4 Å². The summed E-state index contributed by atoms with van der Waals surface area (Å²) in [5, 5.41) is 14.3. The molecule has 0 saturated heterocycles. The molecule has 0 fully saturated rings. The average molecular weight is 384 g/mol. The SMILES string of the molecule is CCCCCC(C)(C)c1ccc(OCC(=O)Nc2ccccc2)cc1[N+](=O)[O-]. The molecule has 150 valence electrons. The first-order valence-corrected chi connectivity index (χ1v) is 9.60. The molecule has 0 aliphatic carbocycles. The number of unbranched alkanes of at least 4 members (excludes halogenated alkanes) is 2. The molecule has 2 rings (SSSR count). The van der Waals surface area contributed by atoms with Gasteiger partial charge in [-0.1, -0.05) is 58.2 Å². The van der Waals surface area contributed by atoms with Crippen LogP contribution in [0, 0.1) is 10.1 Å². The highest BCUT2D eigenvalue weighted by atomic mass is 16.6. The molecular formula is C22H28N2O4. The number of benzene rings is 2. The van der Waals surface area contributed by atoms with Crippen LogP contribution in [0.4, 0.5) is 11.4 Å². The number of nitro groups is 1. The fraction of sp³-hybridized carbons (Fsp3) is 0.409. The number of para-hydroxylation sites is 1. The van der Waals surface area contributed by atoms with Gasteiger partial charge in [-0.3, -0.25) is 14.9 Å². The van der Waals surface area contributed by atoms with Crippen molar-refractivity contribution >= 4 is 17.3 Å². The summed E-state index contributed by atoms with van der Waals surface area (Å²) < 4.78 is 5.48. The van der Waals surface area contributed by atoms with Gasteiger partial charge in [0.25, 0.3) is 11.6 Å². The van der Waals surface area contributed by atoms with Crippen LogP contribution >= 0.6 is 0 Å². The first-order valence-electron chi connectivity index (χ1n) is 9.60. The Morgan fingerprint density at radius 2 is 1.86 bits per heavy atom. The van der Waals surface area contributed by atoms with E-state index in [9.17, 15) is 14.9 Å². The number of carbonyl (C=O) groups excluding carboxylic acids is 1. The van der Waals surface area contributed by atoms with Gasteiger partial charge in [0.1, 0.15) is 5.75 Å². The molecule has 1 amide bonds. The Bertz CT molecular complexity index is 803. The van der Waals surface area contributed by atoms with Gasteiger partial charge >= 0.3 is 0 Å². The van der Waals surface area contributed by atoms with Crippen LogP contribution in [0.3, 0.4) is 0 Å². The van der Waals surface area contributed by atoms with Crippen molar-refractivity contribution in [2.75, 3.05) is 11.9 Å². The summed E-state index contributed by atoms with van der Waals surface area (Å²) >= 11 is 0. The maximum absolute atomic E-state index is 12.0. The fourth-order valence-corrected chi connectivity index (χ4v) is 3.14. The van der Waals surface area contributed by atoms with E-state index in [1.54, 1.807) is 24.3 Å². The third-order valence-electron chi connectivity index (χ3n) is 4.73. The van der Waals surface area contributed by atoms with Gasteiger partial charge in [0.15, 0.2) is 6.61 Å². The monoisotopic (exact) mass is 384 g/mol. The summed E-state index contributed by atoms with van der Waals surface area (Å²) in [4.78, 5) is 23.2. The van der Waals surface area contributed by atoms with Crippen molar-refractivity contribution in [1.29, 1.82) is 0 Å². The molecule has 0 saturated carbocycles. The lowest BCUT2D eigenvalue weighted by Gasteiger charge is -2.25. The second-order valence-corrected chi connectivity index (χ2v) is 7.48. The Hall–Kier alpha value is -2.89. The maximum atomic E-state index is 12.0. The standard InChI is InChI=1S/C22H28N2O4/c1-4-5-9-14-22(2,3)19-13-12-18(15-20(19)24(26)27)28-16-21(25)23-17-10-7-6-8-11-17/h6-8,10-13,15H,4-5,9,14,16H2,1-3H3,(H,23,25). The maximum Gasteiger partial charge on any atom is 0.276 e. The smallest absolute Gasteiger partial charge is 0.276 e. The van der Waals surface area contributed by atoms with E-state index in [0.717, 1.165) is 25.7 Å². The lowest BCUT2D eigenvalue weighted by molar-refractivity contribution is -0.386. The van der Waals surface area contributed by atoms with Gasteiger partial charge in [-0.25, -0.2) is 0 Å². The predicted octanol–water partition coefficient (Wildman–Crippen LogP) is 5.47. The van der Waals surface area contributed by atoms with Crippen molar-refractivity contribution in [3.05, 3.63) is 64.2 Å². The first-order chi connectivity index (χ1) is 13.3. The lowest BCUT2D eigenvalue weighted by atomic mass is 9.79. The summed E-state index contributed by atoms with van der Waals surface area (Å²) in [5.74, 6) is -0.0131. The molecular weight excluding hydrogens is 356 g/mol. The number of rotatable bonds is 10. The lowest BCUT2D eigenvalue weighted by Crippen LogP contribution is -2.21. The van der Waals surface area contributed by atoms with Crippen LogP contribution < -0.4 is 10.1 Å². The third kappa shape index (κ3) is 6.08. The molecule has 0 aliphatic rings.